The van der Waals surface area contributed by atoms with E-state index in [1.807, 2.05) is 78.9 Å². The van der Waals surface area contributed by atoms with E-state index in [1.165, 1.54) is 7.11 Å². The zero-order chi connectivity index (χ0) is 21.3. The van der Waals surface area contributed by atoms with Gasteiger partial charge in [-0.05, 0) is 34.4 Å². The molecule has 0 bridgehead atoms. The van der Waals surface area contributed by atoms with Gasteiger partial charge < -0.3 is 14.8 Å². The summed E-state index contributed by atoms with van der Waals surface area (Å²) >= 11 is 5.94. The predicted octanol–water partition coefficient (Wildman–Crippen LogP) is 5.02. The molecular weight excluding hydrogens is 402 g/mol. The summed E-state index contributed by atoms with van der Waals surface area (Å²) in [5.41, 5.74) is 3.81. The van der Waals surface area contributed by atoms with Crippen LogP contribution in [0.25, 0.3) is 11.1 Å². The van der Waals surface area contributed by atoms with Gasteiger partial charge in [-0.3, -0.25) is 0 Å². The monoisotopic (exact) mass is 423 g/mol. The second-order valence-electron chi connectivity index (χ2n) is 6.69. The Morgan fingerprint density at radius 3 is 2.07 bits per heavy atom. The third kappa shape index (κ3) is 6.09. The minimum atomic E-state index is -0.848. The molecule has 3 aromatic rings. The number of nitrogens with one attached hydrogen (secondary N) is 1. The van der Waals surface area contributed by atoms with Gasteiger partial charge in [-0.25, -0.2) is 9.59 Å². The smallest absolute Gasteiger partial charge is 0.408 e. The summed E-state index contributed by atoms with van der Waals surface area (Å²) in [7, 11) is 1.29. The number of alkyl carbamates (subject to hydrolysis) is 1. The van der Waals surface area contributed by atoms with Gasteiger partial charge in [-0.1, -0.05) is 78.3 Å². The molecule has 0 fully saturated rings. The van der Waals surface area contributed by atoms with Crippen molar-refractivity contribution in [3.8, 4) is 11.1 Å². The van der Waals surface area contributed by atoms with Gasteiger partial charge >= 0.3 is 12.1 Å². The third-order valence-electron chi connectivity index (χ3n) is 4.56. The van der Waals surface area contributed by atoms with Crippen molar-refractivity contribution in [2.75, 3.05) is 7.11 Å². The van der Waals surface area contributed by atoms with Gasteiger partial charge in [0.1, 0.15) is 12.6 Å². The van der Waals surface area contributed by atoms with Gasteiger partial charge in [0.2, 0.25) is 0 Å². The van der Waals surface area contributed by atoms with Crippen LogP contribution in [0, 0.1) is 0 Å². The summed E-state index contributed by atoms with van der Waals surface area (Å²) in [6, 6.07) is 23.8. The first kappa shape index (κ1) is 21.4. The van der Waals surface area contributed by atoms with E-state index in [0.29, 0.717) is 5.02 Å². The van der Waals surface area contributed by atoms with E-state index in [1.54, 1.807) is 0 Å². The van der Waals surface area contributed by atoms with E-state index in [9.17, 15) is 9.59 Å². The number of amides is 1. The average molecular weight is 424 g/mol. The lowest BCUT2D eigenvalue weighted by Crippen LogP contribution is -2.43. The predicted molar refractivity (Wildman–Crippen MR) is 116 cm³/mol. The van der Waals surface area contributed by atoms with Crippen LogP contribution in [0.15, 0.2) is 78.9 Å². The van der Waals surface area contributed by atoms with Crippen LogP contribution in [0.2, 0.25) is 5.02 Å². The Labute approximate surface area is 180 Å². The van der Waals surface area contributed by atoms with Crippen LogP contribution in [0.5, 0.6) is 0 Å². The Hall–Kier alpha value is -3.31. The van der Waals surface area contributed by atoms with Crippen LogP contribution in [0.4, 0.5) is 4.79 Å². The molecule has 0 aromatic heterocycles. The SMILES string of the molecule is COC(=O)[C@@H](Cc1ccc(-c2ccc(Cl)cc2)cc1)NC(=O)OCc1ccccc1. The summed E-state index contributed by atoms with van der Waals surface area (Å²) in [4.78, 5) is 24.3. The number of methoxy groups -OCH3 is 1. The highest BCUT2D eigenvalue weighted by molar-refractivity contribution is 6.30. The lowest BCUT2D eigenvalue weighted by atomic mass is 10.0. The molecule has 0 heterocycles. The second-order valence-corrected chi connectivity index (χ2v) is 7.13. The van der Waals surface area contributed by atoms with Crippen molar-refractivity contribution in [3.05, 3.63) is 95.0 Å². The number of carbonyl (C=O) groups excluding carboxylic acids is 2. The molecule has 3 rings (SSSR count). The van der Waals surface area contributed by atoms with Crippen LogP contribution in [0.3, 0.4) is 0 Å². The molecular formula is C24H22ClNO4. The lowest BCUT2D eigenvalue weighted by Gasteiger charge is -2.17. The topological polar surface area (TPSA) is 64.6 Å². The molecule has 1 amide bonds. The Kier molecular flexibility index (Phi) is 7.46. The van der Waals surface area contributed by atoms with Crippen molar-refractivity contribution in [2.24, 2.45) is 0 Å². The van der Waals surface area contributed by atoms with Crippen molar-refractivity contribution >= 4 is 23.7 Å². The van der Waals surface area contributed by atoms with Crippen molar-refractivity contribution in [3.63, 3.8) is 0 Å². The van der Waals surface area contributed by atoms with E-state index < -0.39 is 18.1 Å². The highest BCUT2D eigenvalue weighted by Crippen LogP contribution is 2.22. The third-order valence-corrected chi connectivity index (χ3v) is 4.81. The van der Waals surface area contributed by atoms with E-state index in [4.69, 9.17) is 21.1 Å². The van der Waals surface area contributed by atoms with Gasteiger partial charge in [0, 0.05) is 11.4 Å². The fourth-order valence-corrected chi connectivity index (χ4v) is 3.08. The first-order valence-corrected chi connectivity index (χ1v) is 9.83. The van der Waals surface area contributed by atoms with E-state index in [2.05, 4.69) is 5.32 Å². The van der Waals surface area contributed by atoms with Gasteiger partial charge in [0.15, 0.2) is 0 Å². The highest BCUT2D eigenvalue weighted by atomic mass is 35.5. The average Bonchev–Trinajstić information content (AvgIpc) is 2.78. The van der Waals surface area contributed by atoms with E-state index >= 15 is 0 Å². The maximum absolute atomic E-state index is 12.2. The molecule has 3 aromatic carbocycles. The molecule has 5 nitrogen and oxygen atoms in total. The maximum Gasteiger partial charge on any atom is 0.408 e. The van der Waals surface area contributed by atoms with Crippen LogP contribution in [-0.2, 0) is 27.3 Å². The lowest BCUT2D eigenvalue weighted by molar-refractivity contribution is -0.143. The van der Waals surface area contributed by atoms with Gasteiger partial charge in [0.05, 0.1) is 7.11 Å². The second kappa shape index (κ2) is 10.5. The number of rotatable bonds is 7. The first-order valence-electron chi connectivity index (χ1n) is 9.45. The molecule has 6 heteroatoms. The van der Waals surface area contributed by atoms with Crippen molar-refractivity contribution in [1.82, 2.24) is 5.32 Å². The molecule has 0 unspecified atom stereocenters. The number of halogens is 1. The summed E-state index contributed by atoms with van der Waals surface area (Å²) < 4.78 is 10.0. The Bertz CT molecular complexity index is 972. The summed E-state index contributed by atoms with van der Waals surface area (Å²) in [6.45, 7) is 0.121. The van der Waals surface area contributed by atoms with Gasteiger partial charge in [-0.2, -0.15) is 0 Å². The molecule has 0 spiro atoms. The molecule has 0 radical (unpaired) electrons. The minimum absolute atomic E-state index is 0.121. The minimum Gasteiger partial charge on any atom is -0.467 e. The standard InChI is InChI=1S/C24H22ClNO4/c1-29-23(27)22(26-24(28)30-16-18-5-3-2-4-6-18)15-17-7-9-19(10-8-17)20-11-13-21(25)14-12-20/h2-14,22H,15-16H2,1H3,(H,26,28)/t22-/m1/s1. The zero-order valence-electron chi connectivity index (χ0n) is 16.5. The normalized spacial score (nSPS) is 11.4. The maximum atomic E-state index is 12.2. The van der Waals surface area contributed by atoms with Crippen LogP contribution < -0.4 is 5.32 Å². The fraction of sp³-hybridized carbons (Fsp3) is 0.167. The van der Waals surface area contributed by atoms with Crippen molar-refractivity contribution in [2.45, 2.75) is 19.1 Å². The van der Waals surface area contributed by atoms with Gasteiger partial charge in [-0.15, -0.1) is 0 Å². The largest absolute Gasteiger partial charge is 0.467 e. The van der Waals surface area contributed by atoms with Gasteiger partial charge in [0.25, 0.3) is 0 Å². The molecule has 30 heavy (non-hydrogen) atoms. The fourth-order valence-electron chi connectivity index (χ4n) is 2.95. The number of benzene rings is 3. The highest BCUT2D eigenvalue weighted by Gasteiger charge is 2.22. The van der Waals surface area contributed by atoms with E-state index in [-0.39, 0.29) is 13.0 Å². The summed E-state index contributed by atoms with van der Waals surface area (Å²) in [6.07, 6.45) is -0.388. The quantitative estimate of drug-likeness (QED) is 0.542. The molecule has 0 saturated heterocycles. The van der Waals surface area contributed by atoms with E-state index in [0.717, 1.165) is 22.3 Å². The molecule has 0 aliphatic carbocycles. The number of ether oxygens (including phenoxy) is 2. The van der Waals surface area contributed by atoms with Crippen LogP contribution in [-0.4, -0.2) is 25.2 Å². The Morgan fingerprint density at radius 1 is 0.867 bits per heavy atom. The Balaban J connectivity index is 1.62. The van der Waals surface area contributed by atoms with Crippen molar-refractivity contribution in [1.29, 1.82) is 0 Å². The van der Waals surface area contributed by atoms with Crippen LogP contribution in [0.1, 0.15) is 11.1 Å². The number of carbonyl (C=O) groups is 2. The molecule has 0 aliphatic heterocycles. The summed E-state index contributed by atoms with van der Waals surface area (Å²) in [5, 5.41) is 3.27. The molecule has 0 aliphatic rings. The van der Waals surface area contributed by atoms with Crippen molar-refractivity contribution < 1.29 is 19.1 Å². The molecule has 0 saturated carbocycles. The number of esters is 1. The number of hydrogen-bond acceptors (Lipinski definition) is 4. The Morgan fingerprint density at radius 2 is 1.47 bits per heavy atom. The van der Waals surface area contributed by atoms with Crippen LogP contribution >= 0.6 is 11.6 Å². The molecule has 154 valence electrons. The number of hydrogen-bond donors (Lipinski definition) is 1. The first-order chi connectivity index (χ1) is 14.5. The summed E-state index contributed by atoms with van der Waals surface area (Å²) in [5.74, 6) is -0.534. The molecule has 1 atom stereocenters. The molecule has 1 N–H and O–H groups in total. The zero-order valence-corrected chi connectivity index (χ0v) is 17.3.